The Hall–Kier alpha value is -1.07. The first-order valence-electron chi connectivity index (χ1n) is 7.15. The van der Waals surface area contributed by atoms with Gasteiger partial charge in [0.1, 0.15) is 5.82 Å². The molecule has 2 atom stereocenters. The Labute approximate surface area is 129 Å². The van der Waals surface area contributed by atoms with Crippen molar-refractivity contribution in [1.29, 1.82) is 0 Å². The maximum atomic E-state index is 12.9. The van der Waals surface area contributed by atoms with E-state index in [2.05, 4.69) is 6.92 Å². The van der Waals surface area contributed by atoms with Crippen molar-refractivity contribution >= 4 is 17.7 Å². The molecule has 2 unspecified atom stereocenters. The Bertz CT molecular complexity index is 488. The summed E-state index contributed by atoms with van der Waals surface area (Å²) in [5.74, 6) is 0.530. The van der Waals surface area contributed by atoms with Gasteiger partial charge in [-0.2, -0.15) is 11.8 Å². The van der Waals surface area contributed by atoms with Crippen molar-refractivity contribution in [2.75, 3.05) is 12.9 Å². The molecule has 0 spiro atoms. The van der Waals surface area contributed by atoms with Gasteiger partial charge in [-0.1, -0.05) is 19.1 Å². The molecule has 0 aromatic heterocycles. The van der Waals surface area contributed by atoms with Gasteiger partial charge in [0.2, 0.25) is 0 Å². The molecule has 0 saturated heterocycles. The lowest BCUT2D eigenvalue weighted by molar-refractivity contribution is -0.141. The summed E-state index contributed by atoms with van der Waals surface area (Å²) in [7, 11) is 1.43. The van der Waals surface area contributed by atoms with Gasteiger partial charge in [-0.15, -0.1) is 0 Å². The van der Waals surface area contributed by atoms with Crippen LogP contribution in [0.3, 0.4) is 0 Å². The molecule has 1 aromatic carbocycles. The average Bonchev–Trinajstić information content (AvgIpc) is 3.24. The van der Waals surface area contributed by atoms with Gasteiger partial charge in [0.15, 0.2) is 0 Å². The molecule has 0 radical (unpaired) electrons. The molecule has 1 saturated carbocycles. The van der Waals surface area contributed by atoms with E-state index in [0.29, 0.717) is 6.42 Å². The molecule has 1 aliphatic rings. The number of ether oxygens (including phenoxy) is 1. The first-order valence-corrected chi connectivity index (χ1v) is 8.20. The van der Waals surface area contributed by atoms with Crippen LogP contribution in [0.1, 0.15) is 37.8 Å². The summed E-state index contributed by atoms with van der Waals surface area (Å²) in [5, 5.41) is 0.214. The second kappa shape index (κ2) is 6.79. The van der Waals surface area contributed by atoms with E-state index >= 15 is 0 Å². The summed E-state index contributed by atoms with van der Waals surface area (Å²) in [6.45, 7) is 2.08. The van der Waals surface area contributed by atoms with Crippen molar-refractivity contribution in [2.24, 2.45) is 11.1 Å². The quantitative estimate of drug-likeness (QED) is 0.785. The van der Waals surface area contributed by atoms with Crippen LogP contribution in [0.15, 0.2) is 24.3 Å². The van der Waals surface area contributed by atoms with E-state index in [0.717, 1.165) is 24.2 Å². The van der Waals surface area contributed by atoms with Gasteiger partial charge in [-0.3, -0.25) is 4.79 Å². The zero-order valence-electron chi connectivity index (χ0n) is 12.5. The van der Waals surface area contributed by atoms with E-state index in [-0.39, 0.29) is 28.5 Å². The van der Waals surface area contributed by atoms with Gasteiger partial charge in [-0.25, -0.2) is 4.39 Å². The van der Waals surface area contributed by atoms with Crippen molar-refractivity contribution in [2.45, 2.75) is 37.5 Å². The van der Waals surface area contributed by atoms with Crippen molar-refractivity contribution in [1.82, 2.24) is 0 Å². The molecule has 21 heavy (non-hydrogen) atoms. The molecular formula is C16H22FNO2S. The summed E-state index contributed by atoms with van der Waals surface area (Å²) in [4.78, 5) is 11.4. The zero-order chi connectivity index (χ0) is 15.5. The van der Waals surface area contributed by atoms with Gasteiger partial charge in [0, 0.05) is 11.3 Å². The van der Waals surface area contributed by atoms with Crippen LogP contribution < -0.4 is 5.73 Å². The van der Waals surface area contributed by atoms with Crippen LogP contribution in [0.25, 0.3) is 0 Å². The van der Waals surface area contributed by atoms with Crippen molar-refractivity contribution < 1.29 is 13.9 Å². The lowest BCUT2D eigenvalue weighted by Gasteiger charge is -2.22. The number of carbonyl (C=O) groups is 1. The maximum absolute atomic E-state index is 12.9. The molecule has 116 valence electrons. The van der Waals surface area contributed by atoms with Crippen molar-refractivity contribution in [3.05, 3.63) is 35.6 Å². The Balaban J connectivity index is 1.85. The van der Waals surface area contributed by atoms with Crippen LogP contribution >= 0.6 is 11.8 Å². The van der Waals surface area contributed by atoms with E-state index < -0.39 is 0 Å². The summed E-state index contributed by atoms with van der Waals surface area (Å²) in [6, 6.07) is 6.21. The molecule has 2 rings (SSSR count). The third-order valence-corrected chi connectivity index (χ3v) is 5.72. The fourth-order valence-corrected chi connectivity index (χ4v) is 3.67. The molecule has 1 fully saturated rings. The maximum Gasteiger partial charge on any atom is 0.306 e. The number of thioether (sulfide) groups is 1. The molecule has 1 aliphatic carbocycles. The SMILES string of the molecule is COC(=O)CC1(CSC(C)C(N)c2ccc(F)cc2)CC1. The van der Waals surface area contributed by atoms with Crippen LogP contribution in [0, 0.1) is 11.2 Å². The van der Waals surface area contributed by atoms with E-state index in [1.54, 1.807) is 23.9 Å². The van der Waals surface area contributed by atoms with Gasteiger partial charge in [0.05, 0.1) is 13.5 Å². The molecule has 3 nitrogen and oxygen atoms in total. The van der Waals surface area contributed by atoms with Crippen molar-refractivity contribution in [3.8, 4) is 0 Å². The number of hydrogen-bond acceptors (Lipinski definition) is 4. The average molecular weight is 311 g/mol. The monoisotopic (exact) mass is 311 g/mol. The zero-order valence-corrected chi connectivity index (χ0v) is 13.3. The van der Waals surface area contributed by atoms with Gasteiger partial charge in [0.25, 0.3) is 0 Å². The summed E-state index contributed by atoms with van der Waals surface area (Å²) in [6.07, 6.45) is 2.65. The van der Waals surface area contributed by atoms with Gasteiger partial charge < -0.3 is 10.5 Å². The molecule has 0 aliphatic heterocycles. The predicted molar refractivity (Wildman–Crippen MR) is 83.5 cm³/mol. The molecule has 0 bridgehead atoms. The number of hydrogen-bond donors (Lipinski definition) is 1. The number of nitrogens with two attached hydrogens (primary N) is 1. The number of carbonyl (C=O) groups excluding carboxylic acids is 1. The van der Waals surface area contributed by atoms with E-state index in [1.807, 2.05) is 0 Å². The minimum Gasteiger partial charge on any atom is -0.469 e. The molecule has 1 aromatic rings. The summed E-state index contributed by atoms with van der Waals surface area (Å²) < 4.78 is 17.7. The molecule has 5 heteroatoms. The number of esters is 1. The highest BCUT2D eigenvalue weighted by Gasteiger charge is 2.44. The van der Waals surface area contributed by atoms with Crippen molar-refractivity contribution in [3.63, 3.8) is 0 Å². The van der Waals surface area contributed by atoms with Gasteiger partial charge >= 0.3 is 5.97 Å². The first kappa shape index (κ1) is 16.3. The topological polar surface area (TPSA) is 52.3 Å². The van der Waals surface area contributed by atoms with Crippen LogP contribution in [0.4, 0.5) is 4.39 Å². The van der Waals surface area contributed by atoms with Crippen LogP contribution in [-0.2, 0) is 9.53 Å². The number of rotatable bonds is 7. The number of methoxy groups -OCH3 is 1. The first-order chi connectivity index (χ1) is 9.96. The Morgan fingerprint density at radius 3 is 2.57 bits per heavy atom. The fourth-order valence-electron chi connectivity index (χ4n) is 2.30. The summed E-state index contributed by atoms with van der Waals surface area (Å²) in [5.41, 5.74) is 7.28. The predicted octanol–water partition coefficient (Wildman–Crippen LogP) is 3.29. The molecular weight excluding hydrogens is 289 g/mol. The third-order valence-electron chi connectivity index (χ3n) is 4.12. The fraction of sp³-hybridized carbons (Fsp3) is 0.562. The highest BCUT2D eigenvalue weighted by Crippen LogP contribution is 2.52. The Morgan fingerprint density at radius 2 is 2.05 bits per heavy atom. The van der Waals surface area contributed by atoms with Crippen LogP contribution in [0.2, 0.25) is 0 Å². The second-order valence-electron chi connectivity index (χ2n) is 5.85. The van der Waals surface area contributed by atoms with E-state index in [1.165, 1.54) is 19.2 Å². The van der Waals surface area contributed by atoms with Crippen LogP contribution in [0.5, 0.6) is 0 Å². The molecule has 0 heterocycles. The minimum atomic E-state index is -0.249. The Morgan fingerprint density at radius 1 is 1.43 bits per heavy atom. The third kappa shape index (κ3) is 4.45. The number of benzene rings is 1. The molecule has 0 amide bonds. The van der Waals surface area contributed by atoms with E-state index in [4.69, 9.17) is 10.5 Å². The second-order valence-corrected chi connectivity index (χ2v) is 7.21. The normalized spacial score (nSPS) is 18.9. The highest BCUT2D eigenvalue weighted by atomic mass is 32.2. The Kier molecular flexibility index (Phi) is 5.27. The smallest absolute Gasteiger partial charge is 0.306 e. The highest BCUT2D eigenvalue weighted by molar-refractivity contribution is 7.99. The lowest BCUT2D eigenvalue weighted by Crippen LogP contribution is -2.23. The molecule has 2 N–H and O–H groups in total. The minimum absolute atomic E-state index is 0.106. The largest absolute Gasteiger partial charge is 0.469 e. The van der Waals surface area contributed by atoms with Crippen LogP contribution in [-0.4, -0.2) is 24.1 Å². The lowest BCUT2D eigenvalue weighted by atomic mass is 10.1. The van der Waals surface area contributed by atoms with Gasteiger partial charge in [-0.05, 0) is 41.7 Å². The number of halogens is 1. The van der Waals surface area contributed by atoms with E-state index in [9.17, 15) is 9.18 Å². The standard InChI is InChI=1S/C16H22FNO2S/c1-11(15(18)12-3-5-13(17)6-4-12)21-10-16(7-8-16)9-14(19)20-2/h3-6,11,15H,7-10,18H2,1-2H3. The summed E-state index contributed by atoms with van der Waals surface area (Å²) >= 11 is 1.78.